The summed E-state index contributed by atoms with van der Waals surface area (Å²) in [5.41, 5.74) is 2.75. The van der Waals surface area contributed by atoms with Crippen LogP contribution in [0, 0.1) is 0 Å². The molecule has 0 aliphatic heterocycles. The fraction of sp³-hybridized carbons (Fsp3) is 0.647. The molecule has 0 amide bonds. The third kappa shape index (κ3) is 3.97. The highest BCUT2D eigenvalue weighted by Gasteiger charge is 2.21. The van der Waals surface area contributed by atoms with Crippen molar-refractivity contribution in [2.45, 2.75) is 51.5 Å². The molecule has 0 radical (unpaired) electrons. The Morgan fingerprint density at radius 2 is 2.10 bits per heavy atom. The second-order valence-corrected chi connectivity index (χ2v) is 5.99. The third-order valence-corrected chi connectivity index (χ3v) is 4.16. The Morgan fingerprint density at radius 1 is 1.30 bits per heavy atom. The average Bonchev–Trinajstić information content (AvgIpc) is 2.91. The molecule has 1 aliphatic rings. The minimum absolute atomic E-state index is 0.166. The number of fused-ring (bicyclic) bond motifs is 1. The molecule has 0 heterocycles. The van der Waals surface area contributed by atoms with Gasteiger partial charge in [0.2, 0.25) is 0 Å². The largest absolute Gasteiger partial charge is 0.494 e. The van der Waals surface area contributed by atoms with Crippen LogP contribution in [0.5, 0.6) is 5.75 Å². The van der Waals surface area contributed by atoms with Crippen LogP contribution in [0.4, 0.5) is 0 Å². The van der Waals surface area contributed by atoms with E-state index in [0.29, 0.717) is 6.61 Å². The highest BCUT2D eigenvalue weighted by molar-refractivity contribution is 5.38. The van der Waals surface area contributed by atoms with Gasteiger partial charge < -0.3 is 15.2 Å². The molecule has 112 valence electrons. The van der Waals surface area contributed by atoms with Crippen molar-refractivity contribution in [1.29, 1.82) is 0 Å². The molecular weight excluding hydrogens is 250 g/mol. The van der Waals surface area contributed by atoms with E-state index in [2.05, 4.69) is 37.4 Å². The molecular formula is C17H27NO2. The SMILES string of the molecule is CCNC(C)(CO)CCCOc1ccc2c(c1)CCC2. The van der Waals surface area contributed by atoms with E-state index in [-0.39, 0.29) is 12.1 Å². The Balaban J connectivity index is 1.76. The van der Waals surface area contributed by atoms with Gasteiger partial charge in [-0.1, -0.05) is 13.0 Å². The van der Waals surface area contributed by atoms with Crippen molar-refractivity contribution in [1.82, 2.24) is 5.32 Å². The van der Waals surface area contributed by atoms with Crippen molar-refractivity contribution in [3.8, 4) is 5.75 Å². The standard InChI is InChI=1S/C17H27NO2/c1-3-18-17(2,13-19)10-5-11-20-16-9-8-14-6-4-7-15(14)12-16/h8-9,12,18-19H,3-7,10-11,13H2,1-2H3. The number of ether oxygens (including phenoxy) is 1. The summed E-state index contributed by atoms with van der Waals surface area (Å²) in [4.78, 5) is 0. The summed E-state index contributed by atoms with van der Waals surface area (Å²) in [5, 5.41) is 12.8. The van der Waals surface area contributed by atoms with Crippen molar-refractivity contribution in [3.63, 3.8) is 0 Å². The van der Waals surface area contributed by atoms with Gasteiger partial charge in [-0.2, -0.15) is 0 Å². The molecule has 1 aliphatic carbocycles. The summed E-state index contributed by atoms with van der Waals surface area (Å²) in [6.45, 7) is 5.88. The van der Waals surface area contributed by atoms with Gasteiger partial charge in [0.1, 0.15) is 5.75 Å². The van der Waals surface area contributed by atoms with Gasteiger partial charge in [0.25, 0.3) is 0 Å². The maximum atomic E-state index is 9.44. The molecule has 0 aromatic heterocycles. The number of nitrogens with one attached hydrogen (secondary N) is 1. The lowest BCUT2D eigenvalue weighted by atomic mass is 9.97. The first-order valence-corrected chi connectivity index (χ1v) is 7.77. The number of benzene rings is 1. The molecule has 20 heavy (non-hydrogen) atoms. The number of aliphatic hydroxyl groups excluding tert-OH is 1. The molecule has 3 heteroatoms. The van der Waals surface area contributed by atoms with Crippen LogP contribution in [0.3, 0.4) is 0 Å². The number of hydrogen-bond acceptors (Lipinski definition) is 3. The van der Waals surface area contributed by atoms with Crippen molar-refractivity contribution in [2.75, 3.05) is 19.8 Å². The predicted octanol–water partition coefficient (Wildman–Crippen LogP) is 2.69. The van der Waals surface area contributed by atoms with Gasteiger partial charge in [-0.15, -0.1) is 0 Å². The second kappa shape index (κ2) is 7.09. The van der Waals surface area contributed by atoms with Crippen molar-refractivity contribution in [2.24, 2.45) is 0 Å². The average molecular weight is 277 g/mol. The summed E-state index contributed by atoms with van der Waals surface area (Å²) < 4.78 is 5.84. The minimum Gasteiger partial charge on any atom is -0.494 e. The zero-order chi connectivity index (χ0) is 14.4. The molecule has 1 aromatic rings. The summed E-state index contributed by atoms with van der Waals surface area (Å²) in [6.07, 6.45) is 5.54. The summed E-state index contributed by atoms with van der Waals surface area (Å²) in [7, 11) is 0. The number of aliphatic hydroxyl groups is 1. The highest BCUT2D eigenvalue weighted by Crippen LogP contribution is 2.26. The lowest BCUT2D eigenvalue weighted by Gasteiger charge is -2.28. The van der Waals surface area contributed by atoms with Gasteiger partial charge in [-0.05, 0) is 68.8 Å². The molecule has 3 nitrogen and oxygen atoms in total. The van der Waals surface area contributed by atoms with Crippen LogP contribution in [-0.2, 0) is 12.8 Å². The van der Waals surface area contributed by atoms with E-state index in [1.807, 2.05) is 0 Å². The molecule has 2 N–H and O–H groups in total. The Bertz CT molecular complexity index is 433. The maximum absolute atomic E-state index is 9.44. The second-order valence-electron chi connectivity index (χ2n) is 5.99. The van der Waals surface area contributed by atoms with E-state index < -0.39 is 0 Å². The van der Waals surface area contributed by atoms with Gasteiger partial charge in [0, 0.05) is 5.54 Å². The first-order valence-electron chi connectivity index (χ1n) is 7.77. The molecule has 0 saturated heterocycles. The van der Waals surface area contributed by atoms with Crippen molar-refractivity contribution in [3.05, 3.63) is 29.3 Å². The Morgan fingerprint density at radius 3 is 2.85 bits per heavy atom. The molecule has 0 spiro atoms. The molecule has 1 atom stereocenters. The van der Waals surface area contributed by atoms with E-state index in [0.717, 1.165) is 25.1 Å². The fourth-order valence-electron chi connectivity index (χ4n) is 2.94. The molecule has 1 aromatic carbocycles. The topological polar surface area (TPSA) is 41.5 Å². The Kier molecular flexibility index (Phi) is 5.44. The molecule has 1 unspecified atom stereocenters. The third-order valence-electron chi connectivity index (χ3n) is 4.16. The van der Waals surface area contributed by atoms with E-state index >= 15 is 0 Å². The van der Waals surface area contributed by atoms with Crippen molar-refractivity contribution < 1.29 is 9.84 Å². The van der Waals surface area contributed by atoms with Gasteiger partial charge in [-0.3, -0.25) is 0 Å². The fourth-order valence-corrected chi connectivity index (χ4v) is 2.94. The van der Waals surface area contributed by atoms with E-state index in [1.54, 1.807) is 0 Å². The first kappa shape index (κ1) is 15.3. The first-order chi connectivity index (χ1) is 9.67. The molecule has 2 rings (SSSR count). The number of hydrogen-bond donors (Lipinski definition) is 2. The van der Waals surface area contributed by atoms with Crippen molar-refractivity contribution >= 4 is 0 Å². The van der Waals surface area contributed by atoms with Crippen LogP contribution in [0.2, 0.25) is 0 Å². The van der Waals surface area contributed by atoms with E-state index in [4.69, 9.17) is 4.74 Å². The Labute approximate surface area is 122 Å². The lowest BCUT2D eigenvalue weighted by molar-refractivity contribution is 0.158. The van der Waals surface area contributed by atoms with Gasteiger partial charge in [0.15, 0.2) is 0 Å². The maximum Gasteiger partial charge on any atom is 0.119 e. The van der Waals surface area contributed by atoms with Gasteiger partial charge >= 0.3 is 0 Å². The number of likely N-dealkylation sites (N-methyl/N-ethyl adjacent to an activating group) is 1. The van der Waals surface area contributed by atoms with Crippen LogP contribution < -0.4 is 10.1 Å². The summed E-state index contributed by atoms with van der Waals surface area (Å²) in [6, 6.07) is 6.48. The highest BCUT2D eigenvalue weighted by atomic mass is 16.5. The van der Waals surface area contributed by atoms with Crippen LogP contribution in [0.15, 0.2) is 18.2 Å². The van der Waals surface area contributed by atoms with E-state index in [9.17, 15) is 5.11 Å². The lowest BCUT2D eigenvalue weighted by Crippen LogP contribution is -2.45. The Hall–Kier alpha value is -1.06. The van der Waals surface area contributed by atoms with Gasteiger partial charge in [0.05, 0.1) is 13.2 Å². The molecule has 0 bridgehead atoms. The van der Waals surface area contributed by atoms with Crippen LogP contribution in [-0.4, -0.2) is 30.4 Å². The van der Waals surface area contributed by atoms with Crippen LogP contribution >= 0.6 is 0 Å². The molecule has 0 fully saturated rings. The van der Waals surface area contributed by atoms with Gasteiger partial charge in [-0.25, -0.2) is 0 Å². The predicted molar refractivity (Wildman–Crippen MR) is 82.4 cm³/mol. The zero-order valence-electron chi connectivity index (χ0n) is 12.7. The molecule has 0 saturated carbocycles. The smallest absolute Gasteiger partial charge is 0.119 e. The number of rotatable bonds is 8. The summed E-state index contributed by atoms with van der Waals surface area (Å²) >= 11 is 0. The summed E-state index contributed by atoms with van der Waals surface area (Å²) in [5.74, 6) is 0.986. The minimum atomic E-state index is -0.184. The monoisotopic (exact) mass is 277 g/mol. The van der Waals surface area contributed by atoms with Crippen LogP contribution in [0.25, 0.3) is 0 Å². The van der Waals surface area contributed by atoms with E-state index in [1.165, 1.54) is 30.4 Å². The normalized spacial score (nSPS) is 16.8. The quantitative estimate of drug-likeness (QED) is 0.718. The number of aryl methyl sites for hydroxylation is 2. The zero-order valence-corrected chi connectivity index (χ0v) is 12.7. The van der Waals surface area contributed by atoms with Crippen LogP contribution in [0.1, 0.15) is 44.2 Å².